The number of thioether (sulfide) groups is 2. The van der Waals surface area contributed by atoms with Crippen LogP contribution in [0.15, 0.2) is 28.6 Å². The van der Waals surface area contributed by atoms with E-state index in [9.17, 15) is 0 Å². The number of rotatable bonds is 3. The Labute approximate surface area is 137 Å². The zero-order chi connectivity index (χ0) is 15.1. The van der Waals surface area contributed by atoms with Crippen molar-refractivity contribution in [2.45, 2.75) is 23.7 Å². The van der Waals surface area contributed by atoms with Crippen molar-refractivity contribution in [2.24, 2.45) is 0 Å². The highest BCUT2D eigenvalue weighted by atomic mass is 32.2. The van der Waals surface area contributed by atoms with E-state index in [2.05, 4.69) is 30.2 Å². The Bertz CT molecular complexity index is 580. The Morgan fingerprint density at radius 1 is 1.48 bits per heavy atom. The lowest BCUT2D eigenvalue weighted by atomic mass is 10.1. The van der Waals surface area contributed by atoms with Gasteiger partial charge in [0.2, 0.25) is 0 Å². The summed E-state index contributed by atoms with van der Waals surface area (Å²) in [5, 5.41) is 14.3. The molecule has 0 amide bonds. The van der Waals surface area contributed by atoms with Gasteiger partial charge >= 0.3 is 0 Å². The molecule has 1 aliphatic heterocycles. The minimum Gasteiger partial charge on any atom is -0.364 e. The fourth-order valence-corrected chi connectivity index (χ4v) is 4.27. The molecule has 2 heterocycles. The van der Waals surface area contributed by atoms with Crippen LogP contribution >= 0.6 is 34.9 Å². The molecule has 21 heavy (non-hydrogen) atoms. The highest BCUT2D eigenvalue weighted by Crippen LogP contribution is 2.30. The standard InChI is InChI=1S/C9H6N2S3.C5H11NO/c10-5-12-6-13-9-11-7-3-1-2-4-8(7)14-9;1-5(2)3-7-4-6-5/h1-4H,6H2;6H,3-4H2,1-2H3. The van der Waals surface area contributed by atoms with E-state index in [1.165, 1.54) is 16.5 Å². The molecule has 1 N–H and O–H groups in total. The maximum atomic E-state index is 8.37. The number of nitrogens with zero attached hydrogens (tertiary/aromatic N) is 2. The van der Waals surface area contributed by atoms with E-state index in [0.717, 1.165) is 21.5 Å². The van der Waals surface area contributed by atoms with Gasteiger partial charge in [0, 0.05) is 5.54 Å². The number of aromatic nitrogens is 1. The molecule has 0 bridgehead atoms. The van der Waals surface area contributed by atoms with E-state index in [0.29, 0.717) is 6.73 Å². The van der Waals surface area contributed by atoms with Gasteiger partial charge in [-0.3, -0.25) is 5.32 Å². The third-order valence-electron chi connectivity index (χ3n) is 2.70. The Hall–Kier alpha value is -0.780. The predicted molar refractivity (Wildman–Crippen MR) is 91.6 cm³/mol. The van der Waals surface area contributed by atoms with Crippen LogP contribution in [0.3, 0.4) is 0 Å². The smallest absolute Gasteiger partial charge is 0.151 e. The monoisotopic (exact) mass is 339 g/mol. The normalized spacial score (nSPS) is 16.2. The fourth-order valence-electron chi connectivity index (χ4n) is 1.62. The van der Waals surface area contributed by atoms with E-state index >= 15 is 0 Å². The molecule has 0 unspecified atom stereocenters. The molecule has 2 aromatic rings. The van der Waals surface area contributed by atoms with Crippen LogP contribution in [0.4, 0.5) is 0 Å². The molecule has 112 valence electrons. The molecule has 4 nitrogen and oxygen atoms in total. The predicted octanol–water partition coefficient (Wildman–Crippen LogP) is 3.90. The van der Waals surface area contributed by atoms with Crippen LogP contribution < -0.4 is 5.32 Å². The highest BCUT2D eigenvalue weighted by Gasteiger charge is 2.21. The average molecular weight is 340 g/mol. The van der Waals surface area contributed by atoms with Crippen LogP contribution in [0.25, 0.3) is 10.2 Å². The van der Waals surface area contributed by atoms with Crippen LogP contribution in [0.2, 0.25) is 0 Å². The summed E-state index contributed by atoms with van der Waals surface area (Å²) in [5.41, 5.74) is 1.27. The number of benzene rings is 1. The zero-order valence-corrected chi connectivity index (χ0v) is 14.4. The first kappa shape index (κ1) is 16.6. The van der Waals surface area contributed by atoms with Crippen molar-refractivity contribution in [3.8, 4) is 5.40 Å². The van der Waals surface area contributed by atoms with Crippen molar-refractivity contribution >= 4 is 45.1 Å². The molecule has 0 aliphatic carbocycles. The third-order valence-corrected chi connectivity index (χ3v) is 5.54. The molecule has 1 aromatic carbocycles. The number of fused-ring (bicyclic) bond motifs is 1. The number of thiazole rings is 1. The van der Waals surface area contributed by atoms with Gasteiger partial charge in [-0.1, -0.05) is 23.9 Å². The summed E-state index contributed by atoms with van der Waals surface area (Å²) in [4.78, 5) is 4.44. The molecule has 0 saturated carbocycles. The lowest BCUT2D eigenvalue weighted by Crippen LogP contribution is -2.34. The maximum absolute atomic E-state index is 8.37. The van der Waals surface area contributed by atoms with Gasteiger partial charge in [-0.2, -0.15) is 5.26 Å². The average Bonchev–Trinajstić information content (AvgIpc) is 3.05. The van der Waals surface area contributed by atoms with E-state index in [4.69, 9.17) is 10.00 Å². The van der Waals surface area contributed by atoms with Gasteiger partial charge in [-0.05, 0) is 37.7 Å². The second-order valence-corrected chi connectivity index (χ2v) is 8.38. The van der Waals surface area contributed by atoms with Crippen molar-refractivity contribution in [3.05, 3.63) is 24.3 Å². The zero-order valence-electron chi connectivity index (χ0n) is 12.0. The molecule has 0 spiro atoms. The second kappa shape index (κ2) is 8.01. The third kappa shape index (κ3) is 5.49. The Kier molecular flexibility index (Phi) is 6.33. The van der Waals surface area contributed by atoms with E-state index in [1.807, 2.05) is 23.6 Å². The Balaban J connectivity index is 0.000000194. The summed E-state index contributed by atoms with van der Waals surface area (Å²) in [6.07, 6.45) is 0. The van der Waals surface area contributed by atoms with E-state index in [1.54, 1.807) is 23.1 Å². The molecular formula is C14H17N3OS3. The molecule has 1 fully saturated rings. The van der Waals surface area contributed by atoms with Gasteiger partial charge < -0.3 is 4.74 Å². The summed E-state index contributed by atoms with van der Waals surface area (Å²) in [7, 11) is 0. The molecule has 7 heteroatoms. The van der Waals surface area contributed by atoms with E-state index < -0.39 is 0 Å². The van der Waals surface area contributed by atoms with Gasteiger partial charge in [-0.15, -0.1) is 11.3 Å². The van der Waals surface area contributed by atoms with Crippen molar-refractivity contribution in [2.75, 3.05) is 18.4 Å². The fraction of sp³-hybridized carbons (Fsp3) is 0.429. The molecular weight excluding hydrogens is 322 g/mol. The molecule has 1 aliphatic rings. The van der Waals surface area contributed by atoms with Gasteiger partial charge in [-0.25, -0.2) is 4.98 Å². The quantitative estimate of drug-likeness (QED) is 0.396. The second-order valence-electron chi connectivity index (χ2n) is 5.00. The van der Waals surface area contributed by atoms with Crippen molar-refractivity contribution in [1.82, 2.24) is 10.3 Å². The first-order chi connectivity index (χ1) is 10.1. The summed E-state index contributed by atoms with van der Waals surface area (Å²) in [6, 6.07) is 8.07. The number of ether oxygens (including phenoxy) is 1. The number of para-hydroxylation sites is 1. The lowest BCUT2D eigenvalue weighted by molar-refractivity contribution is 0.182. The van der Waals surface area contributed by atoms with Gasteiger partial charge in [0.15, 0.2) is 4.34 Å². The van der Waals surface area contributed by atoms with Crippen LogP contribution in [0.5, 0.6) is 0 Å². The number of nitrogens with one attached hydrogen (secondary N) is 1. The minimum atomic E-state index is 0.222. The van der Waals surface area contributed by atoms with Gasteiger partial charge in [0.1, 0.15) is 5.40 Å². The molecule has 1 saturated heterocycles. The van der Waals surface area contributed by atoms with Crippen molar-refractivity contribution in [3.63, 3.8) is 0 Å². The van der Waals surface area contributed by atoms with Gasteiger partial charge in [0.05, 0.1) is 28.6 Å². The summed E-state index contributed by atoms with van der Waals surface area (Å²) in [6.45, 7) is 5.81. The minimum absolute atomic E-state index is 0.222. The Morgan fingerprint density at radius 3 is 2.86 bits per heavy atom. The lowest BCUT2D eigenvalue weighted by Gasteiger charge is -2.12. The maximum Gasteiger partial charge on any atom is 0.151 e. The number of nitriles is 1. The summed E-state index contributed by atoms with van der Waals surface area (Å²) < 4.78 is 7.29. The van der Waals surface area contributed by atoms with Crippen molar-refractivity contribution in [1.29, 1.82) is 5.26 Å². The van der Waals surface area contributed by atoms with Crippen LogP contribution in [0, 0.1) is 10.7 Å². The van der Waals surface area contributed by atoms with Gasteiger partial charge in [0.25, 0.3) is 0 Å². The summed E-state index contributed by atoms with van der Waals surface area (Å²) >= 11 is 4.54. The largest absolute Gasteiger partial charge is 0.364 e. The van der Waals surface area contributed by atoms with E-state index in [-0.39, 0.29) is 5.54 Å². The molecule has 0 atom stereocenters. The number of hydrogen-bond acceptors (Lipinski definition) is 7. The highest BCUT2D eigenvalue weighted by molar-refractivity contribution is 8.18. The Morgan fingerprint density at radius 2 is 2.29 bits per heavy atom. The van der Waals surface area contributed by atoms with Crippen LogP contribution in [-0.2, 0) is 4.74 Å². The molecule has 3 rings (SSSR count). The summed E-state index contributed by atoms with van der Waals surface area (Å²) in [5.74, 6) is 0. The topological polar surface area (TPSA) is 57.9 Å². The van der Waals surface area contributed by atoms with Crippen LogP contribution in [-0.4, -0.2) is 28.9 Å². The number of hydrogen-bond donors (Lipinski definition) is 1. The van der Waals surface area contributed by atoms with Crippen LogP contribution in [0.1, 0.15) is 13.8 Å². The number of thiocyanates is 1. The van der Waals surface area contributed by atoms with Crippen molar-refractivity contribution < 1.29 is 4.74 Å². The SMILES string of the molecule is CC1(C)COCN1.N#CSCSc1nc2ccccc2s1. The first-order valence-corrected chi connectivity index (χ1v) is 9.21. The molecule has 1 aromatic heterocycles. The first-order valence-electron chi connectivity index (χ1n) is 6.43. The molecule has 0 radical (unpaired) electrons.